The highest BCUT2D eigenvalue weighted by Gasteiger charge is 2.10. The van der Waals surface area contributed by atoms with Crippen molar-refractivity contribution < 1.29 is 13.2 Å². The number of guanidine groups is 1. The van der Waals surface area contributed by atoms with Crippen molar-refractivity contribution in [2.45, 2.75) is 31.3 Å². The number of hydrogen-bond donors (Lipinski definition) is 3. The van der Waals surface area contributed by atoms with Gasteiger partial charge in [0.15, 0.2) is 5.96 Å². The molecule has 0 radical (unpaired) electrons. The lowest BCUT2D eigenvalue weighted by molar-refractivity contribution is -0.127. The summed E-state index contributed by atoms with van der Waals surface area (Å²) in [5, 5.41) is 15.8. The molecular formula is C19H29N7O3S. The first-order valence-corrected chi connectivity index (χ1v) is 11.0. The number of carbonyl (C=O) groups excluding carboxylic acids is 1. The summed E-state index contributed by atoms with van der Waals surface area (Å²) in [6.45, 7) is 2.93. The van der Waals surface area contributed by atoms with Crippen molar-refractivity contribution in [3.63, 3.8) is 0 Å². The van der Waals surface area contributed by atoms with Crippen LogP contribution in [0.4, 0.5) is 0 Å². The second-order valence-electron chi connectivity index (χ2n) is 6.98. The largest absolute Gasteiger partial charge is 0.352 e. The molecule has 0 saturated carbocycles. The summed E-state index contributed by atoms with van der Waals surface area (Å²) < 4.78 is 24.5. The molecule has 164 valence electrons. The molecule has 0 aliphatic heterocycles. The lowest BCUT2D eigenvalue weighted by Crippen LogP contribution is -2.42. The molecule has 0 unspecified atom stereocenters. The lowest BCUT2D eigenvalue weighted by Gasteiger charge is -2.15. The van der Waals surface area contributed by atoms with Gasteiger partial charge in [-0.1, -0.05) is 19.1 Å². The van der Waals surface area contributed by atoms with Crippen LogP contribution in [-0.2, 0) is 41.4 Å². The first-order valence-electron chi connectivity index (χ1n) is 9.45. The average Bonchev–Trinajstić information content (AvgIpc) is 3.06. The van der Waals surface area contributed by atoms with Crippen LogP contribution >= 0.6 is 0 Å². The van der Waals surface area contributed by atoms with Crippen LogP contribution in [0.25, 0.3) is 0 Å². The maximum Gasteiger partial charge on any atom is 0.241 e. The molecule has 0 aliphatic rings. The van der Waals surface area contributed by atoms with Gasteiger partial charge in [0.2, 0.25) is 15.9 Å². The number of hydrogen-bond acceptors (Lipinski definition) is 5. The van der Waals surface area contributed by atoms with Gasteiger partial charge in [0, 0.05) is 39.4 Å². The zero-order valence-corrected chi connectivity index (χ0v) is 18.5. The highest BCUT2D eigenvalue weighted by atomic mass is 32.2. The first-order chi connectivity index (χ1) is 14.1. The number of likely N-dealkylation sites (N-methyl/N-ethyl adjacent to an activating group) is 1. The topological polar surface area (TPSA) is 135 Å². The molecule has 0 fully saturated rings. The molecule has 2 aromatic rings. The Morgan fingerprint density at radius 2 is 1.90 bits per heavy atom. The zero-order valence-electron chi connectivity index (χ0n) is 17.7. The highest BCUT2D eigenvalue weighted by molar-refractivity contribution is 7.89. The molecule has 1 heterocycles. The number of nitrogens with one attached hydrogen (secondary N) is 2. The molecule has 1 amide bonds. The molecule has 0 spiro atoms. The molecule has 0 aliphatic carbocycles. The Morgan fingerprint density at radius 1 is 1.23 bits per heavy atom. The van der Waals surface area contributed by atoms with E-state index in [1.165, 1.54) is 17.0 Å². The van der Waals surface area contributed by atoms with Gasteiger partial charge in [-0.2, -0.15) is 5.10 Å². The Bertz CT molecular complexity index is 996. The number of aliphatic imine (C=N–C) groups is 1. The Kier molecular flexibility index (Phi) is 7.95. The normalized spacial score (nSPS) is 12.0. The molecule has 2 rings (SSSR count). The standard InChI is InChI=1S/C19H29N7O3S/c1-5-17-15(13-26(4)24-17)11-22-19(23-12-18(27)25(2)3)21-10-14-6-8-16(9-7-14)30(20,28)29/h6-9,13H,5,10-12H2,1-4H3,(H2,20,28,29)(H2,21,22,23). The van der Waals surface area contributed by atoms with Gasteiger partial charge >= 0.3 is 0 Å². The van der Waals surface area contributed by atoms with Gasteiger partial charge in [-0.15, -0.1) is 0 Å². The van der Waals surface area contributed by atoms with Crippen molar-refractivity contribution in [2.75, 3.05) is 20.6 Å². The fourth-order valence-corrected chi connectivity index (χ4v) is 3.17. The van der Waals surface area contributed by atoms with Crippen molar-refractivity contribution >= 4 is 21.9 Å². The van der Waals surface area contributed by atoms with E-state index in [9.17, 15) is 13.2 Å². The number of carbonyl (C=O) groups is 1. The van der Waals surface area contributed by atoms with Crippen LogP contribution in [0, 0.1) is 0 Å². The third kappa shape index (κ3) is 6.85. The van der Waals surface area contributed by atoms with Crippen LogP contribution in [-0.4, -0.2) is 55.6 Å². The molecule has 11 heteroatoms. The van der Waals surface area contributed by atoms with E-state index in [4.69, 9.17) is 5.14 Å². The average molecular weight is 436 g/mol. The fourth-order valence-electron chi connectivity index (χ4n) is 2.65. The van der Waals surface area contributed by atoms with Crippen LogP contribution in [0.3, 0.4) is 0 Å². The van der Waals surface area contributed by atoms with Crippen molar-refractivity contribution in [3.8, 4) is 0 Å². The summed E-state index contributed by atoms with van der Waals surface area (Å²) in [7, 11) is 1.51. The number of sulfonamides is 1. The number of aryl methyl sites for hydroxylation is 2. The molecule has 0 bridgehead atoms. The van der Waals surface area contributed by atoms with Crippen LogP contribution < -0.4 is 15.8 Å². The van der Waals surface area contributed by atoms with Crippen molar-refractivity contribution in [3.05, 3.63) is 47.3 Å². The maximum absolute atomic E-state index is 11.9. The monoisotopic (exact) mass is 435 g/mol. The summed E-state index contributed by atoms with van der Waals surface area (Å²) in [4.78, 5) is 18.0. The second-order valence-corrected chi connectivity index (χ2v) is 8.54. The third-order valence-electron chi connectivity index (χ3n) is 4.35. The van der Waals surface area contributed by atoms with E-state index in [-0.39, 0.29) is 17.3 Å². The minimum absolute atomic E-state index is 0.0481. The summed E-state index contributed by atoms with van der Waals surface area (Å²) in [6, 6.07) is 6.20. The van der Waals surface area contributed by atoms with Gasteiger partial charge in [-0.3, -0.25) is 9.48 Å². The first kappa shape index (κ1) is 23.4. The van der Waals surface area contributed by atoms with E-state index in [1.54, 1.807) is 30.9 Å². The summed E-state index contributed by atoms with van der Waals surface area (Å²) in [5.74, 6) is 0.379. The molecule has 0 atom stereocenters. The van der Waals surface area contributed by atoms with Gasteiger partial charge in [-0.05, 0) is 24.1 Å². The minimum Gasteiger partial charge on any atom is -0.352 e. The number of primary sulfonamides is 1. The van der Waals surface area contributed by atoms with E-state index < -0.39 is 10.0 Å². The van der Waals surface area contributed by atoms with Crippen molar-refractivity contribution in [1.29, 1.82) is 0 Å². The van der Waals surface area contributed by atoms with E-state index in [0.717, 1.165) is 23.2 Å². The Balaban J connectivity index is 2.12. The molecule has 0 saturated heterocycles. The van der Waals surface area contributed by atoms with Gasteiger partial charge in [0.05, 0.1) is 23.7 Å². The Morgan fingerprint density at radius 3 is 2.47 bits per heavy atom. The quantitative estimate of drug-likeness (QED) is 0.393. The van der Waals surface area contributed by atoms with Crippen LogP contribution in [0.15, 0.2) is 40.4 Å². The Hall–Kier alpha value is -2.92. The van der Waals surface area contributed by atoms with E-state index in [0.29, 0.717) is 19.0 Å². The van der Waals surface area contributed by atoms with E-state index in [1.807, 2.05) is 20.2 Å². The number of rotatable bonds is 8. The molecule has 4 N–H and O–H groups in total. The van der Waals surface area contributed by atoms with Gasteiger partial charge in [0.1, 0.15) is 0 Å². The van der Waals surface area contributed by atoms with Gasteiger partial charge in [0.25, 0.3) is 0 Å². The Labute approximate surface area is 177 Å². The molecule has 10 nitrogen and oxygen atoms in total. The van der Waals surface area contributed by atoms with Crippen molar-refractivity contribution in [1.82, 2.24) is 25.3 Å². The van der Waals surface area contributed by atoms with E-state index in [2.05, 4.69) is 20.7 Å². The number of nitrogens with two attached hydrogens (primary N) is 1. The molecule has 30 heavy (non-hydrogen) atoms. The van der Waals surface area contributed by atoms with Gasteiger partial charge in [-0.25, -0.2) is 18.5 Å². The summed E-state index contributed by atoms with van der Waals surface area (Å²) >= 11 is 0. The number of nitrogens with zero attached hydrogens (tertiary/aromatic N) is 4. The molecular weight excluding hydrogens is 406 g/mol. The number of benzene rings is 1. The van der Waals surface area contributed by atoms with Crippen LogP contribution in [0.1, 0.15) is 23.7 Å². The SMILES string of the molecule is CCc1nn(C)cc1CNC(=NCc1ccc(S(N)(=O)=O)cc1)NCC(=O)N(C)C. The second kappa shape index (κ2) is 10.2. The van der Waals surface area contributed by atoms with Crippen LogP contribution in [0.2, 0.25) is 0 Å². The molecule has 1 aromatic heterocycles. The predicted octanol–water partition coefficient (Wildman–Crippen LogP) is -0.0465. The predicted molar refractivity (Wildman–Crippen MR) is 115 cm³/mol. The zero-order chi connectivity index (χ0) is 22.3. The fraction of sp³-hybridized carbons (Fsp3) is 0.421. The lowest BCUT2D eigenvalue weighted by atomic mass is 10.2. The highest BCUT2D eigenvalue weighted by Crippen LogP contribution is 2.10. The van der Waals surface area contributed by atoms with Gasteiger partial charge < -0.3 is 15.5 Å². The van der Waals surface area contributed by atoms with Crippen LogP contribution in [0.5, 0.6) is 0 Å². The third-order valence-corrected chi connectivity index (χ3v) is 5.28. The number of amides is 1. The van der Waals surface area contributed by atoms with Crippen molar-refractivity contribution in [2.24, 2.45) is 17.2 Å². The summed E-state index contributed by atoms with van der Waals surface area (Å²) in [6.07, 6.45) is 2.76. The summed E-state index contributed by atoms with van der Waals surface area (Å²) in [5.41, 5.74) is 2.84. The molecule has 1 aromatic carbocycles. The van der Waals surface area contributed by atoms with E-state index >= 15 is 0 Å². The number of aromatic nitrogens is 2. The smallest absolute Gasteiger partial charge is 0.241 e. The maximum atomic E-state index is 11.9. The minimum atomic E-state index is -3.73.